The molecule has 13 heavy (non-hydrogen) atoms. The molecule has 2 fully saturated rings. The Kier molecular flexibility index (Phi) is 2.07. The maximum atomic E-state index is 11.2. The lowest BCUT2D eigenvalue weighted by Gasteiger charge is -2.26. The molecule has 0 amide bonds. The quantitative estimate of drug-likeness (QED) is 0.642. The second-order valence-corrected chi connectivity index (χ2v) is 3.77. The Bertz CT molecular complexity index is 248. The highest BCUT2D eigenvalue weighted by Gasteiger charge is 2.42. The number of hydrogen-bond acceptors (Lipinski definition) is 3. The summed E-state index contributed by atoms with van der Waals surface area (Å²) < 4.78 is 5.24. The van der Waals surface area contributed by atoms with Crippen molar-refractivity contribution in [3.63, 3.8) is 0 Å². The minimum absolute atomic E-state index is 0.0180. The minimum Gasteiger partial charge on any atom is -0.481 e. The van der Waals surface area contributed by atoms with Crippen molar-refractivity contribution in [3.05, 3.63) is 0 Å². The summed E-state index contributed by atoms with van der Waals surface area (Å²) in [4.78, 5) is 21.9. The van der Waals surface area contributed by atoms with Gasteiger partial charge in [-0.05, 0) is 19.3 Å². The molecule has 72 valence electrons. The Morgan fingerprint density at radius 2 is 2.23 bits per heavy atom. The molecule has 2 aliphatic rings. The van der Waals surface area contributed by atoms with Gasteiger partial charge < -0.3 is 9.84 Å². The van der Waals surface area contributed by atoms with E-state index in [1.165, 1.54) is 0 Å². The van der Waals surface area contributed by atoms with E-state index in [2.05, 4.69) is 0 Å². The molecule has 1 saturated carbocycles. The first-order valence-electron chi connectivity index (χ1n) is 4.55. The predicted octanol–water partition coefficient (Wildman–Crippen LogP) is 0.455. The van der Waals surface area contributed by atoms with Gasteiger partial charge in [0.25, 0.3) is 0 Å². The molecular weight excluding hydrogens is 172 g/mol. The zero-order chi connectivity index (χ0) is 9.42. The Balaban J connectivity index is 2.03. The molecule has 0 bridgehead atoms. The predicted molar refractivity (Wildman–Crippen MR) is 43.2 cm³/mol. The molecule has 4 nitrogen and oxygen atoms in total. The third-order valence-electron chi connectivity index (χ3n) is 2.99. The van der Waals surface area contributed by atoms with Crippen LogP contribution >= 0.6 is 0 Å². The number of ether oxygens (including phenoxy) is 1. The second kappa shape index (κ2) is 3.10. The van der Waals surface area contributed by atoms with Gasteiger partial charge in [0.15, 0.2) is 5.78 Å². The van der Waals surface area contributed by atoms with E-state index in [1.54, 1.807) is 0 Å². The van der Waals surface area contributed by atoms with Crippen LogP contribution in [0.4, 0.5) is 0 Å². The maximum Gasteiger partial charge on any atom is 0.306 e. The van der Waals surface area contributed by atoms with Gasteiger partial charge in [-0.25, -0.2) is 0 Å². The standard InChI is InChI=1S/C9H12O4/c10-7-4-13-8-3-5(9(11)12)1-2-6(7)8/h5-6,8H,1-4H2,(H,11,12). The normalized spacial score (nSPS) is 38.8. The summed E-state index contributed by atoms with van der Waals surface area (Å²) in [6.45, 7) is 0.182. The van der Waals surface area contributed by atoms with Gasteiger partial charge >= 0.3 is 5.97 Å². The number of carboxylic acid groups (broad SMARTS) is 1. The van der Waals surface area contributed by atoms with Crippen molar-refractivity contribution in [1.82, 2.24) is 0 Å². The molecule has 3 unspecified atom stereocenters. The number of Topliss-reactive ketones (excluding diaryl/α,β-unsaturated/α-hetero) is 1. The smallest absolute Gasteiger partial charge is 0.306 e. The van der Waals surface area contributed by atoms with Crippen LogP contribution in [0.1, 0.15) is 19.3 Å². The lowest BCUT2D eigenvalue weighted by atomic mass is 9.79. The molecule has 0 radical (unpaired) electrons. The topological polar surface area (TPSA) is 63.6 Å². The maximum absolute atomic E-state index is 11.2. The summed E-state index contributed by atoms with van der Waals surface area (Å²) in [7, 11) is 0. The highest BCUT2D eigenvalue weighted by Crippen LogP contribution is 2.35. The van der Waals surface area contributed by atoms with E-state index < -0.39 is 5.97 Å². The molecular formula is C9H12O4. The highest BCUT2D eigenvalue weighted by molar-refractivity contribution is 5.85. The summed E-state index contributed by atoms with van der Waals surface area (Å²) in [6, 6.07) is 0. The number of aliphatic carboxylic acids is 1. The van der Waals surface area contributed by atoms with Crippen LogP contribution in [0.5, 0.6) is 0 Å². The molecule has 1 N–H and O–H groups in total. The molecule has 2 rings (SSSR count). The average molecular weight is 184 g/mol. The molecule has 4 heteroatoms. The Hall–Kier alpha value is -0.900. The zero-order valence-electron chi connectivity index (χ0n) is 7.23. The molecule has 1 aliphatic heterocycles. The number of hydrogen-bond donors (Lipinski definition) is 1. The van der Waals surface area contributed by atoms with E-state index in [9.17, 15) is 9.59 Å². The van der Waals surface area contributed by atoms with Crippen LogP contribution < -0.4 is 0 Å². The van der Waals surface area contributed by atoms with Crippen LogP contribution in [0.25, 0.3) is 0 Å². The molecule has 0 aromatic carbocycles. The Labute approximate surface area is 75.9 Å². The van der Waals surface area contributed by atoms with Gasteiger partial charge in [0.05, 0.1) is 12.0 Å². The van der Waals surface area contributed by atoms with Crippen LogP contribution in [0, 0.1) is 11.8 Å². The fourth-order valence-electron chi connectivity index (χ4n) is 2.20. The van der Waals surface area contributed by atoms with Gasteiger partial charge in [-0.1, -0.05) is 0 Å². The number of carbonyl (C=O) groups is 2. The number of fused-ring (bicyclic) bond motifs is 1. The lowest BCUT2D eigenvalue weighted by Crippen LogP contribution is -2.32. The molecule has 1 saturated heterocycles. The van der Waals surface area contributed by atoms with Crippen LogP contribution in [0.2, 0.25) is 0 Å². The summed E-state index contributed by atoms with van der Waals surface area (Å²) in [6.07, 6.45) is 1.68. The molecule has 0 aromatic heterocycles. The van der Waals surface area contributed by atoms with Crippen LogP contribution in [0.3, 0.4) is 0 Å². The van der Waals surface area contributed by atoms with Gasteiger partial charge in [0, 0.05) is 5.92 Å². The summed E-state index contributed by atoms with van der Waals surface area (Å²) in [5.74, 6) is -0.946. The number of ketones is 1. The van der Waals surface area contributed by atoms with Crippen molar-refractivity contribution < 1.29 is 19.4 Å². The van der Waals surface area contributed by atoms with Gasteiger partial charge in [0.2, 0.25) is 0 Å². The van der Waals surface area contributed by atoms with Crippen molar-refractivity contribution in [3.8, 4) is 0 Å². The first-order chi connectivity index (χ1) is 6.18. The minimum atomic E-state index is -0.763. The summed E-state index contributed by atoms with van der Waals surface area (Å²) in [5.41, 5.74) is 0. The van der Waals surface area contributed by atoms with E-state index in [0.717, 1.165) is 0 Å². The van der Waals surface area contributed by atoms with E-state index in [0.29, 0.717) is 19.3 Å². The second-order valence-electron chi connectivity index (χ2n) is 3.77. The van der Waals surface area contributed by atoms with Gasteiger partial charge in [-0.3, -0.25) is 9.59 Å². The Morgan fingerprint density at radius 3 is 2.92 bits per heavy atom. The van der Waals surface area contributed by atoms with Crippen molar-refractivity contribution in [1.29, 1.82) is 0 Å². The monoisotopic (exact) mass is 184 g/mol. The molecule has 3 atom stereocenters. The largest absolute Gasteiger partial charge is 0.481 e. The van der Waals surface area contributed by atoms with Crippen molar-refractivity contribution >= 4 is 11.8 Å². The fraction of sp³-hybridized carbons (Fsp3) is 0.778. The van der Waals surface area contributed by atoms with E-state index in [1.807, 2.05) is 0 Å². The van der Waals surface area contributed by atoms with E-state index in [-0.39, 0.29) is 30.3 Å². The summed E-state index contributed by atoms with van der Waals surface area (Å²) >= 11 is 0. The number of rotatable bonds is 1. The molecule has 0 spiro atoms. The van der Waals surface area contributed by atoms with Crippen LogP contribution in [-0.4, -0.2) is 29.6 Å². The molecule has 1 heterocycles. The van der Waals surface area contributed by atoms with Gasteiger partial charge in [-0.15, -0.1) is 0 Å². The SMILES string of the molecule is O=C(O)C1CCC2C(=O)COC2C1. The van der Waals surface area contributed by atoms with Gasteiger partial charge in [0.1, 0.15) is 6.61 Å². The number of carbonyl (C=O) groups excluding carboxylic acids is 1. The van der Waals surface area contributed by atoms with Crippen molar-refractivity contribution in [2.24, 2.45) is 11.8 Å². The van der Waals surface area contributed by atoms with E-state index in [4.69, 9.17) is 9.84 Å². The number of carboxylic acids is 1. The first kappa shape index (κ1) is 8.69. The highest BCUT2D eigenvalue weighted by atomic mass is 16.5. The van der Waals surface area contributed by atoms with Crippen molar-refractivity contribution in [2.45, 2.75) is 25.4 Å². The van der Waals surface area contributed by atoms with E-state index >= 15 is 0 Å². The fourth-order valence-corrected chi connectivity index (χ4v) is 2.20. The molecule has 0 aromatic rings. The van der Waals surface area contributed by atoms with Crippen LogP contribution in [0.15, 0.2) is 0 Å². The summed E-state index contributed by atoms with van der Waals surface area (Å²) in [5, 5.41) is 8.78. The van der Waals surface area contributed by atoms with Crippen LogP contribution in [-0.2, 0) is 14.3 Å². The van der Waals surface area contributed by atoms with Crippen molar-refractivity contribution in [2.75, 3.05) is 6.61 Å². The Morgan fingerprint density at radius 1 is 1.46 bits per heavy atom. The third kappa shape index (κ3) is 1.46. The first-order valence-corrected chi connectivity index (χ1v) is 4.55. The zero-order valence-corrected chi connectivity index (χ0v) is 7.23. The molecule has 1 aliphatic carbocycles. The van der Waals surface area contributed by atoms with Gasteiger partial charge in [-0.2, -0.15) is 0 Å². The third-order valence-corrected chi connectivity index (χ3v) is 2.99. The lowest BCUT2D eigenvalue weighted by molar-refractivity contribution is -0.145. The average Bonchev–Trinajstić information content (AvgIpc) is 2.47.